The van der Waals surface area contributed by atoms with Crippen molar-refractivity contribution in [3.63, 3.8) is 0 Å². The number of halogens is 2. The summed E-state index contributed by atoms with van der Waals surface area (Å²) in [6.07, 6.45) is -1.31. The minimum atomic E-state index is -1.31. The summed E-state index contributed by atoms with van der Waals surface area (Å²) in [4.78, 5) is 36.0. The van der Waals surface area contributed by atoms with Crippen molar-refractivity contribution >= 4 is 40.6 Å². The van der Waals surface area contributed by atoms with Crippen LogP contribution in [0, 0.1) is 10.1 Å². The molecule has 146 valence electrons. The van der Waals surface area contributed by atoms with Gasteiger partial charge in [0.15, 0.2) is 6.10 Å². The van der Waals surface area contributed by atoms with Crippen LogP contribution in [0.15, 0.2) is 72.8 Å². The lowest BCUT2D eigenvalue weighted by atomic mass is 9.99. The van der Waals surface area contributed by atoms with Gasteiger partial charge in [0.25, 0.3) is 5.69 Å². The first-order valence-corrected chi connectivity index (χ1v) is 9.12. The molecule has 0 heterocycles. The van der Waals surface area contributed by atoms with E-state index in [2.05, 4.69) is 0 Å². The van der Waals surface area contributed by atoms with Crippen molar-refractivity contribution in [2.45, 2.75) is 6.10 Å². The summed E-state index contributed by atoms with van der Waals surface area (Å²) in [6.45, 7) is 0. The van der Waals surface area contributed by atoms with Crippen molar-refractivity contribution in [3.8, 4) is 0 Å². The summed E-state index contributed by atoms with van der Waals surface area (Å²) >= 11 is 11.9. The van der Waals surface area contributed by atoms with E-state index in [9.17, 15) is 19.7 Å². The second-order valence-electron chi connectivity index (χ2n) is 5.99. The number of nitrogens with zero attached hydrogens (tertiary/aromatic N) is 1. The van der Waals surface area contributed by atoms with Crippen LogP contribution in [-0.4, -0.2) is 16.7 Å². The second kappa shape index (κ2) is 8.86. The molecule has 0 aliphatic carbocycles. The van der Waals surface area contributed by atoms with Gasteiger partial charge in [-0.15, -0.1) is 0 Å². The summed E-state index contributed by atoms with van der Waals surface area (Å²) in [7, 11) is 0. The lowest BCUT2D eigenvalue weighted by Crippen LogP contribution is -2.20. The minimum absolute atomic E-state index is 0.0452. The number of nitro benzene ring substituents is 1. The summed E-state index contributed by atoms with van der Waals surface area (Å²) in [5, 5.41) is 11.3. The number of hydrogen-bond donors (Lipinski definition) is 0. The molecule has 3 aromatic carbocycles. The Balaban J connectivity index is 1.97. The molecule has 6 nitrogen and oxygen atoms in total. The molecule has 3 aromatic rings. The molecule has 0 spiro atoms. The van der Waals surface area contributed by atoms with Crippen LogP contribution in [0.1, 0.15) is 32.4 Å². The van der Waals surface area contributed by atoms with Crippen LogP contribution in [0.4, 0.5) is 5.69 Å². The number of esters is 1. The van der Waals surface area contributed by atoms with Gasteiger partial charge in [-0.05, 0) is 30.3 Å². The van der Waals surface area contributed by atoms with Crippen molar-refractivity contribution in [1.82, 2.24) is 0 Å². The molecule has 0 radical (unpaired) electrons. The van der Waals surface area contributed by atoms with Crippen LogP contribution in [0.5, 0.6) is 0 Å². The molecule has 0 aliphatic rings. The molecule has 0 amide bonds. The van der Waals surface area contributed by atoms with Gasteiger partial charge in [-0.25, -0.2) is 4.79 Å². The molecule has 0 bridgehead atoms. The van der Waals surface area contributed by atoms with Gasteiger partial charge in [-0.3, -0.25) is 14.9 Å². The van der Waals surface area contributed by atoms with E-state index in [0.717, 1.165) is 0 Å². The van der Waals surface area contributed by atoms with Crippen molar-refractivity contribution in [1.29, 1.82) is 0 Å². The number of Topliss-reactive ketones (excluding diaryl/α,β-unsaturated/α-hetero) is 1. The van der Waals surface area contributed by atoms with Crippen molar-refractivity contribution < 1.29 is 19.2 Å². The van der Waals surface area contributed by atoms with Crippen molar-refractivity contribution in [2.24, 2.45) is 0 Å². The van der Waals surface area contributed by atoms with Gasteiger partial charge in [0, 0.05) is 28.3 Å². The first-order valence-electron chi connectivity index (χ1n) is 8.36. The zero-order valence-corrected chi connectivity index (χ0v) is 16.3. The highest BCUT2D eigenvalue weighted by molar-refractivity contribution is 6.36. The fourth-order valence-electron chi connectivity index (χ4n) is 2.62. The number of rotatable bonds is 6. The Bertz CT molecular complexity index is 1070. The topological polar surface area (TPSA) is 86.5 Å². The molecule has 1 atom stereocenters. The summed E-state index contributed by atoms with van der Waals surface area (Å²) < 4.78 is 5.47. The standard InChI is InChI=1S/C21H13Cl2NO5/c22-15-8-11-17(18(23)12-15)21(26)29-20(19(25)13-4-2-1-3-5-13)14-6-9-16(10-7-14)24(27)28/h1-12,20H/t20-/m1/s1. The maximum atomic E-state index is 13.0. The molecule has 8 heteroatoms. The minimum Gasteiger partial charge on any atom is -0.445 e. The van der Waals surface area contributed by atoms with Gasteiger partial charge in [-0.2, -0.15) is 0 Å². The lowest BCUT2D eigenvalue weighted by molar-refractivity contribution is -0.384. The molecule has 29 heavy (non-hydrogen) atoms. The largest absolute Gasteiger partial charge is 0.445 e. The van der Waals surface area contributed by atoms with E-state index >= 15 is 0 Å². The monoisotopic (exact) mass is 429 g/mol. The highest BCUT2D eigenvalue weighted by Crippen LogP contribution is 2.28. The molecule has 0 unspecified atom stereocenters. The van der Waals surface area contributed by atoms with Gasteiger partial charge >= 0.3 is 5.97 Å². The highest BCUT2D eigenvalue weighted by atomic mass is 35.5. The van der Waals surface area contributed by atoms with E-state index in [-0.39, 0.29) is 16.3 Å². The van der Waals surface area contributed by atoms with E-state index in [1.165, 1.54) is 42.5 Å². The number of carbonyl (C=O) groups excluding carboxylic acids is 2. The SMILES string of the molecule is O=C(O[C@@H](C(=O)c1ccccc1)c1ccc([N+](=O)[O-])cc1)c1ccc(Cl)cc1Cl. The summed E-state index contributed by atoms with van der Waals surface area (Å²) in [6, 6.07) is 17.8. The second-order valence-corrected chi connectivity index (χ2v) is 6.83. The molecule has 0 aromatic heterocycles. The van der Waals surface area contributed by atoms with Crippen LogP contribution in [-0.2, 0) is 4.74 Å². The predicted octanol–water partition coefficient (Wildman–Crippen LogP) is 5.68. The quantitative estimate of drug-likeness (QED) is 0.217. The smallest absolute Gasteiger partial charge is 0.340 e. The van der Waals surface area contributed by atoms with Crippen LogP contribution in [0.2, 0.25) is 10.0 Å². The first-order chi connectivity index (χ1) is 13.9. The van der Waals surface area contributed by atoms with Crippen LogP contribution >= 0.6 is 23.2 Å². The van der Waals surface area contributed by atoms with Gasteiger partial charge in [0.2, 0.25) is 5.78 Å². The molecule has 0 aliphatic heterocycles. The third kappa shape index (κ3) is 4.80. The van der Waals surface area contributed by atoms with Gasteiger partial charge in [0.1, 0.15) is 0 Å². The van der Waals surface area contributed by atoms with Crippen molar-refractivity contribution in [2.75, 3.05) is 0 Å². The Labute approximate surface area is 175 Å². The Hall–Kier alpha value is -3.22. The van der Waals surface area contributed by atoms with Gasteiger partial charge < -0.3 is 4.74 Å². The number of carbonyl (C=O) groups is 2. The Kier molecular flexibility index (Phi) is 6.26. The van der Waals surface area contributed by atoms with Crippen LogP contribution < -0.4 is 0 Å². The molecular weight excluding hydrogens is 417 g/mol. The Morgan fingerprint density at radius 2 is 1.59 bits per heavy atom. The molecular formula is C21H13Cl2NO5. The third-order valence-electron chi connectivity index (χ3n) is 4.08. The lowest BCUT2D eigenvalue weighted by Gasteiger charge is -2.18. The number of ether oxygens (including phenoxy) is 1. The molecule has 0 fully saturated rings. The van der Waals surface area contributed by atoms with E-state index < -0.39 is 22.8 Å². The number of hydrogen-bond acceptors (Lipinski definition) is 5. The highest BCUT2D eigenvalue weighted by Gasteiger charge is 2.28. The number of ketones is 1. The van der Waals surface area contributed by atoms with E-state index in [0.29, 0.717) is 16.1 Å². The number of benzene rings is 3. The van der Waals surface area contributed by atoms with Gasteiger partial charge in [-0.1, -0.05) is 53.5 Å². The Morgan fingerprint density at radius 1 is 0.931 bits per heavy atom. The molecule has 0 saturated carbocycles. The fourth-order valence-corrected chi connectivity index (χ4v) is 3.11. The fraction of sp³-hybridized carbons (Fsp3) is 0.0476. The van der Waals surface area contributed by atoms with E-state index in [4.69, 9.17) is 27.9 Å². The first kappa shape index (κ1) is 20.5. The maximum absolute atomic E-state index is 13.0. The average Bonchev–Trinajstić information content (AvgIpc) is 2.72. The number of nitro groups is 1. The third-order valence-corrected chi connectivity index (χ3v) is 4.63. The zero-order valence-electron chi connectivity index (χ0n) is 14.7. The normalized spacial score (nSPS) is 11.5. The maximum Gasteiger partial charge on any atom is 0.340 e. The summed E-state index contributed by atoms with van der Waals surface area (Å²) in [5.74, 6) is -1.29. The number of non-ortho nitro benzene ring substituents is 1. The summed E-state index contributed by atoms with van der Waals surface area (Å²) in [5.41, 5.74) is 0.518. The van der Waals surface area contributed by atoms with E-state index in [1.54, 1.807) is 30.3 Å². The van der Waals surface area contributed by atoms with Gasteiger partial charge in [0.05, 0.1) is 15.5 Å². The van der Waals surface area contributed by atoms with Crippen molar-refractivity contribution in [3.05, 3.63) is 110 Å². The van der Waals surface area contributed by atoms with Crippen LogP contribution in [0.3, 0.4) is 0 Å². The average molecular weight is 430 g/mol. The molecule has 0 saturated heterocycles. The zero-order chi connectivity index (χ0) is 21.0. The predicted molar refractivity (Wildman–Crippen MR) is 108 cm³/mol. The molecule has 3 rings (SSSR count). The Morgan fingerprint density at radius 3 is 2.17 bits per heavy atom. The van der Waals surface area contributed by atoms with Crippen LogP contribution in [0.25, 0.3) is 0 Å². The van der Waals surface area contributed by atoms with E-state index in [1.807, 2.05) is 0 Å². The molecule has 0 N–H and O–H groups in total.